The molecule has 0 bridgehead atoms. The van der Waals surface area contributed by atoms with Gasteiger partial charge in [0.2, 0.25) is 11.8 Å². The van der Waals surface area contributed by atoms with Crippen molar-refractivity contribution in [1.29, 1.82) is 0 Å². The number of rotatable bonds is 2. The Morgan fingerprint density at radius 3 is 1.71 bits per heavy atom. The molecule has 1 aliphatic heterocycles. The van der Waals surface area contributed by atoms with Crippen LogP contribution in [-0.2, 0) is 14.4 Å². The van der Waals surface area contributed by atoms with Crippen molar-refractivity contribution in [2.75, 3.05) is 13.1 Å². The Kier molecular flexibility index (Phi) is 5.85. The van der Waals surface area contributed by atoms with Gasteiger partial charge in [0.1, 0.15) is 11.2 Å². The number of hydrogen-bond acceptors (Lipinski definition) is 3. The van der Waals surface area contributed by atoms with Crippen molar-refractivity contribution in [3.05, 3.63) is 0 Å². The zero-order valence-electron chi connectivity index (χ0n) is 11.1. The van der Waals surface area contributed by atoms with E-state index in [0.717, 1.165) is 0 Å². The lowest BCUT2D eigenvalue weighted by molar-refractivity contribution is -0.146. The third-order valence-corrected chi connectivity index (χ3v) is 3.21. The summed E-state index contributed by atoms with van der Waals surface area (Å²) in [6.07, 6.45) is 0.689. The Morgan fingerprint density at radius 1 is 1.06 bits per heavy atom. The summed E-state index contributed by atoms with van der Waals surface area (Å²) >= 11 is 0. The molecule has 1 heterocycles. The molecule has 1 aliphatic rings. The average Bonchev–Trinajstić information content (AvgIpc) is 2.31. The van der Waals surface area contributed by atoms with Crippen LogP contribution in [0.15, 0.2) is 0 Å². The summed E-state index contributed by atoms with van der Waals surface area (Å²) in [5, 5.41) is 0. The quantitative estimate of drug-likeness (QED) is 0.724. The van der Waals surface area contributed by atoms with Crippen molar-refractivity contribution in [1.82, 2.24) is 4.90 Å². The van der Waals surface area contributed by atoms with Crippen LogP contribution in [0.25, 0.3) is 0 Å². The van der Waals surface area contributed by atoms with Crippen molar-refractivity contribution in [2.24, 2.45) is 11.1 Å². The van der Waals surface area contributed by atoms with E-state index in [-0.39, 0.29) is 11.7 Å². The number of piperidine rings is 1. The maximum atomic E-state index is 11.4. The van der Waals surface area contributed by atoms with Gasteiger partial charge in [0.25, 0.3) is 0 Å². The molecule has 5 nitrogen and oxygen atoms in total. The number of primary amides is 1. The van der Waals surface area contributed by atoms with Gasteiger partial charge in [0, 0.05) is 20.0 Å². The molecule has 0 aliphatic carbocycles. The van der Waals surface area contributed by atoms with Crippen LogP contribution in [0.3, 0.4) is 0 Å². The van der Waals surface area contributed by atoms with Crippen LogP contribution in [0.5, 0.6) is 0 Å². The molecule has 1 fully saturated rings. The summed E-state index contributed by atoms with van der Waals surface area (Å²) in [7, 11) is 0. The highest BCUT2D eigenvalue weighted by atomic mass is 16.2. The summed E-state index contributed by atoms with van der Waals surface area (Å²) < 4.78 is 0. The largest absolute Gasteiger partial charge is 0.369 e. The lowest BCUT2D eigenvalue weighted by Crippen LogP contribution is -2.51. The predicted octanol–water partition coefficient (Wildman–Crippen LogP) is 0.716. The Hall–Kier alpha value is -1.39. The minimum Gasteiger partial charge on any atom is -0.369 e. The molecule has 0 atom stereocenters. The smallest absolute Gasteiger partial charge is 0.231 e. The molecule has 0 radical (unpaired) electrons. The fourth-order valence-electron chi connectivity index (χ4n) is 1.98. The second-order valence-electron chi connectivity index (χ2n) is 4.01. The zero-order valence-corrected chi connectivity index (χ0v) is 11.1. The van der Waals surface area contributed by atoms with E-state index in [1.165, 1.54) is 13.8 Å². The highest BCUT2D eigenvalue weighted by molar-refractivity contribution is 6.04. The number of hydrogen-bond donors (Lipinski definition) is 1. The van der Waals surface area contributed by atoms with Gasteiger partial charge in [-0.2, -0.15) is 0 Å². The average molecular weight is 242 g/mol. The molecule has 2 N–H and O–H groups in total. The van der Waals surface area contributed by atoms with Crippen LogP contribution < -0.4 is 5.73 Å². The number of Topliss-reactive ketones (excluding diaryl/α,β-unsaturated/α-hetero) is 1. The number of ketones is 1. The van der Waals surface area contributed by atoms with E-state index in [1.807, 2.05) is 13.8 Å². The Labute approximate surface area is 102 Å². The molecule has 1 rings (SSSR count). The van der Waals surface area contributed by atoms with E-state index >= 15 is 0 Å². The number of nitrogens with two attached hydrogens (primary N) is 1. The van der Waals surface area contributed by atoms with E-state index in [1.54, 1.807) is 4.90 Å². The van der Waals surface area contributed by atoms with Crippen molar-refractivity contribution >= 4 is 17.6 Å². The second-order valence-corrected chi connectivity index (χ2v) is 4.01. The molecule has 1 saturated heterocycles. The highest BCUT2D eigenvalue weighted by Gasteiger charge is 2.44. The maximum Gasteiger partial charge on any atom is 0.231 e. The van der Waals surface area contributed by atoms with Crippen molar-refractivity contribution in [3.8, 4) is 0 Å². The molecule has 0 saturated carbocycles. The molecule has 0 aromatic carbocycles. The topological polar surface area (TPSA) is 80.5 Å². The van der Waals surface area contributed by atoms with E-state index in [9.17, 15) is 14.4 Å². The number of carbonyl (C=O) groups excluding carboxylic acids is 3. The fraction of sp³-hybridized carbons (Fsp3) is 0.750. The number of carbonyl (C=O) groups is 3. The monoisotopic (exact) mass is 242 g/mol. The molecule has 0 spiro atoms. The zero-order chi connectivity index (χ0) is 13.6. The highest BCUT2D eigenvalue weighted by Crippen LogP contribution is 2.32. The summed E-state index contributed by atoms with van der Waals surface area (Å²) in [5.41, 5.74) is 4.21. The van der Waals surface area contributed by atoms with Gasteiger partial charge in [-0.25, -0.2) is 0 Å². The molecule has 0 aromatic heterocycles. The molecule has 2 amide bonds. The van der Waals surface area contributed by atoms with Gasteiger partial charge in [-0.1, -0.05) is 13.8 Å². The van der Waals surface area contributed by atoms with E-state index in [4.69, 9.17) is 5.73 Å². The first kappa shape index (κ1) is 15.6. The third-order valence-electron chi connectivity index (χ3n) is 3.21. The first-order chi connectivity index (χ1) is 7.90. The van der Waals surface area contributed by atoms with Crippen molar-refractivity contribution < 1.29 is 14.4 Å². The second kappa shape index (κ2) is 6.37. The van der Waals surface area contributed by atoms with Gasteiger partial charge in [0.15, 0.2) is 0 Å². The molecule has 0 aromatic rings. The van der Waals surface area contributed by atoms with Crippen molar-refractivity contribution in [2.45, 2.75) is 40.5 Å². The van der Waals surface area contributed by atoms with Crippen LogP contribution in [0, 0.1) is 5.41 Å². The number of likely N-dealkylation sites (tertiary alicyclic amines) is 1. The third kappa shape index (κ3) is 3.28. The first-order valence-electron chi connectivity index (χ1n) is 5.96. The van der Waals surface area contributed by atoms with Crippen molar-refractivity contribution in [3.63, 3.8) is 0 Å². The van der Waals surface area contributed by atoms with Crippen LogP contribution in [-0.4, -0.2) is 35.6 Å². The lowest BCUT2D eigenvalue weighted by atomic mass is 9.74. The van der Waals surface area contributed by atoms with Gasteiger partial charge >= 0.3 is 0 Å². The lowest BCUT2D eigenvalue weighted by Gasteiger charge is -2.37. The van der Waals surface area contributed by atoms with Gasteiger partial charge in [-0.05, 0) is 19.8 Å². The van der Waals surface area contributed by atoms with Crippen LogP contribution in [0.4, 0.5) is 0 Å². The maximum absolute atomic E-state index is 11.4. The van der Waals surface area contributed by atoms with Gasteiger partial charge < -0.3 is 10.6 Å². The van der Waals surface area contributed by atoms with Crippen LogP contribution in [0.1, 0.15) is 40.5 Å². The minimum atomic E-state index is -1.05. The molecular formula is C12H22N2O3. The Balaban J connectivity index is 0.00000121. The van der Waals surface area contributed by atoms with Crippen LogP contribution in [0.2, 0.25) is 0 Å². The number of amides is 2. The Morgan fingerprint density at radius 2 is 1.47 bits per heavy atom. The molecule has 98 valence electrons. The fourth-order valence-corrected chi connectivity index (χ4v) is 1.98. The van der Waals surface area contributed by atoms with E-state index in [0.29, 0.717) is 25.9 Å². The molecule has 17 heavy (non-hydrogen) atoms. The summed E-state index contributed by atoms with van der Waals surface area (Å²) in [6.45, 7) is 7.72. The summed E-state index contributed by atoms with van der Waals surface area (Å²) in [4.78, 5) is 35.4. The van der Waals surface area contributed by atoms with Crippen LogP contribution >= 0.6 is 0 Å². The summed E-state index contributed by atoms with van der Waals surface area (Å²) in [5.74, 6) is -0.798. The molecule has 0 unspecified atom stereocenters. The molecule has 5 heteroatoms. The minimum absolute atomic E-state index is 0.0309. The van der Waals surface area contributed by atoms with Gasteiger partial charge in [-0.3, -0.25) is 14.4 Å². The standard InChI is InChI=1S/C10H16N2O3.C2H6/c1-7(13)10(9(11)15)3-5-12(6-4-10)8(2)14;1-2/h3-6H2,1-2H3,(H2,11,15);1-2H3. The molecular weight excluding hydrogens is 220 g/mol. The SMILES string of the molecule is CC.CC(=O)N1CCC(C(C)=O)(C(N)=O)CC1. The Bertz CT molecular complexity index is 289. The first-order valence-corrected chi connectivity index (χ1v) is 5.96. The van der Waals surface area contributed by atoms with Gasteiger partial charge in [0.05, 0.1) is 0 Å². The normalized spacial score (nSPS) is 17.8. The van der Waals surface area contributed by atoms with Gasteiger partial charge in [-0.15, -0.1) is 0 Å². The van der Waals surface area contributed by atoms with E-state index < -0.39 is 11.3 Å². The van der Waals surface area contributed by atoms with E-state index in [2.05, 4.69) is 0 Å². The predicted molar refractivity (Wildman–Crippen MR) is 65.1 cm³/mol. The number of nitrogens with zero attached hydrogens (tertiary/aromatic N) is 1. The summed E-state index contributed by atoms with van der Waals surface area (Å²) in [6, 6.07) is 0.